The van der Waals surface area contributed by atoms with Gasteiger partial charge in [0.05, 0.1) is 5.02 Å². The van der Waals surface area contributed by atoms with Crippen molar-refractivity contribution in [2.24, 2.45) is 0 Å². The molecule has 1 aromatic heterocycles. The number of fused-ring (bicyclic) bond motifs is 1. The zero-order chi connectivity index (χ0) is 20.9. The molecule has 2 bridgehead atoms. The third-order valence-corrected chi connectivity index (χ3v) is 5.97. The van der Waals surface area contributed by atoms with E-state index in [9.17, 15) is 14.0 Å². The molecule has 1 heterocycles. The molecule has 3 aromatic rings. The van der Waals surface area contributed by atoms with Crippen LogP contribution in [-0.2, 0) is 4.79 Å². The Morgan fingerprint density at radius 1 is 1.13 bits per heavy atom. The lowest BCUT2D eigenvalue weighted by atomic mass is 9.44. The minimum atomic E-state index is -0.602. The van der Waals surface area contributed by atoms with Crippen LogP contribution in [0.2, 0.25) is 5.02 Å². The normalized spacial score (nSPS) is 23.9. The SMILES string of the molecule is O=C(COc1ccc(Cl)c(F)c1)NC12CC(NC(=O)c3ccc4ocnc4c3)(C1)C2. The van der Waals surface area contributed by atoms with Crippen molar-refractivity contribution in [2.75, 3.05) is 6.61 Å². The molecule has 0 spiro atoms. The van der Waals surface area contributed by atoms with Crippen molar-refractivity contribution in [3.8, 4) is 5.75 Å². The monoisotopic (exact) mass is 429 g/mol. The number of carbonyl (C=O) groups excluding carboxylic acids is 2. The van der Waals surface area contributed by atoms with Gasteiger partial charge in [-0.2, -0.15) is 0 Å². The minimum absolute atomic E-state index is 0.00559. The highest BCUT2D eigenvalue weighted by atomic mass is 35.5. The fourth-order valence-corrected chi connectivity index (χ4v) is 4.53. The Balaban J connectivity index is 1.11. The fraction of sp³-hybridized carbons (Fsp3) is 0.286. The van der Waals surface area contributed by atoms with Crippen molar-refractivity contribution in [3.05, 3.63) is 59.2 Å². The molecule has 3 saturated carbocycles. The second kappa shape index (κ2) is 6.70. The summed E-state index contributed by atoms with van der Waals surface area (Å²) in [6.45, 7) is -0.222. The highest BCUT2D eigenvalue weighted by molar-refractivity contribution is 6.30. The zero-order valence-corrected chi connectivity index (χ0v) is 16.5. The van der Waals surface area contributed by atoms with Crippen LogP contribution in [0.4, 0.5) is 4.39 Å². The van der Waals surface area contributed by atoms with E-state index in [0.29, 0.717) is 35.9 Å². The number of benzene rings is 2. The number of hydrogen-bond acceptors (Lipinski definition) is 5. The standard InChI is InChI=1S/C21H17ClFN3O4/c22-14-3-2-13(6-15(14)23)29-7-18(27)25-20-8-21(9-20,10-20)26-19(28)12-1-4-17-16(5-12)24-11-30-17/h1-6,11H,7-10H2,(H,25,27)(H,26,28). The van der Waals surface area contributed by atoms with Crippen molar-refractivity contribution in [2.45, 2.75) is 30.3 Å². The summed E-state index contributed by atoms with van der Waals surface area (Å²) in [4.78, 5) is 28.8. The van der Waals surface area contributed by atoms with Crippen LogP contribution in [0.5, 0.6) is 5.75 Å². The summed E-state index contributed by atoms with van der Waals surface area (Å²) in [7, 11) is 0. The van der Waals surface area contributed by atoms with Gasteiger partial charge in [0.1, 0.15) is 17.1 Å². The van der Waals surface area contributed by atoms with Crippen LogP contribution in [0.25, 0.3) is 11.1 Å². The molecule has 0 saturated heterocycles. The van der Waals surface area contributed by atoms with Crippen molar-refractivity contribution >= 4 is 34.5 Å². The summed E-state index contributed by atoms with van der Waals surface area (Å²) in [6, 6.07) is 9.11. The van der Waals surface area contributed by atoms with Gasteiger partial charge < -0.3 is 19.8 Å². The number of carbonyl (C=O) groups is 2. The summed E-state index contributed by atoms with van der Waals surface area (Å²) in [5.41, 5.74) is 1.17. The van der Waals surface area contributed by atoms with Crippen molar-refractivity contribution in [1.29, 1.82) is 0 Å². The summed E-state index contributed by atoms with van der Waals surface area (Å²) in [6.07, 6.45) is 3.34. The maximum Gasteiger partial charge on any atom is 0.258 e. The molecule has 0 radical (unpaired) electrons. The predicted molar refractivity (Wildman–Crippen MR) is 106 cm³/mol. The Labute approximate surface area is 175 Å². The maximum atomic E-state index is 13.4. The van der Waals surface area contributed by atoms with Crippen molar-refractivity contribution in [1.82, 2.24) is 15.6 Å². The third kappa shape index (κ3) is 3.27. The number of nitrogens with one attached hydrogen (secondary N) is 2. The van der Waals surface area contributed by atoms with E-state index in [1.807, 2.05) is 0 Å². The lowest BCUT2D eigenvalue weighted by Crippen LogP contribution is -2.84. The number of halogens is 2. The number of rotatable bonds is 6. The average Bonchev–Trinajstić information content (AvgIpc) is 3.14. The first-order chi connectivity index (χ1) is 14.4. The summed E-state index contributed by atoms with van der Waals surface area (Å²) in [5.74, 6) is -0.832. The molecule has 3 aliphatic rings. The number of ether oxygens (including phenoxy) is 1. The molecule has 30 heavy (non-hydrogen) atoms. The second-order valence-electron chi connectivity index (χ2n) is 7.99. The third-order valence-electron chi connectivity index (χ3n) is 5.67. The molecular formula is C21H17ClFN3O4. The van der Waals surface area contributed by atoms with Gasteiger partial charge in [-0.1, -0.05) is 11.6 Å². The van der Waals surface area contributed by atoms with Crippen LogP contribution in [0.3, 0.4) is 0 Å². The quantitative estimate of drug-likeness (QED) is 0.627. The number of nitrogens with zero attached hydrogens (tertiary/aromatic N) is 1. The Morgan fingerprint density at radius 3 is 2.67 bits per heavy atom. The van der Waals surface area contributed by atoms with E-state index >= 15 is 0 Å². The van der Waals surface area contributed by atoms with E-state index in [4.69, 9.17) is 20.8 Å². The Kier molecular flexibility index (Phi) is 4.21. The Morgan fingerprint density at radius 2 is 1.90 bits per heavy atom. The van der Waals surface area contributed by atoms with E-state index in [1.165, 1.54) is 18.5 Å². The molecule has 2 aromatic carbocycles. The first-order valence-corrected chi connectivity index (χ1v) is 9.78. The predicted octanol–water partition coefficient (Wildman–Crippen LogP) is 3.22. The molecule has 2 amide bonds. The van der Waals surface area contributed by atoms with Gasteiger partial charge in [-0.3, -0.25) is 9.59 Å². The molecule has 9 heteroatoms. The van der Waals surface area contributed by atoms with E-state index < -0.39 is 5.82 Å². The van der Waals surface area contributed by atoms with E-state index in [1.54, 1.807) is 18.2 Å². The lowest BCUT2D eigenvalue weighted by Gasteiger charge is -2.70. The molecular weight excluding hydrogens is 413 g/mol. The van der Waals surface area contributed by atoms with Crippen LogP contribution in [0.15, 0.2) is 47.2 Å². The van der Waals surface area contributed by atoms with Crippen LogP contribution < -0.4 is 15.4 Å². The molecule has 0 aliphatic heterocycles. The molecule has 3 fully saturated rings. The van der Waals surface area contributed by atoms with Gasteiger partial charge in [0, 0.05) is 22.7 Å². The maximum absolute atomic E-state index is 13.4. The van der Waals surface area contributed by atoms with Gasteiger partial charge in [0.2, 0.25) is 0 Å². The summed E-state index contributed by atoms with van der Waals surface area (Å²) in [5, 5.41) is 6.02. The van der Waals surface area contributed by atoms with Gasteiger partial charge in [-0.25, -0.2) is 9.37 Å². The topological polar surface area (TPSA) is 93.5 Å². The molecule has 2 N–H and O–H groups in total. The van der Waals surface area contributed by atoms with E-state index in [-0.39, 0.29) is 40.3 Å². The fourth-order valence-electron chi connectivity index (χ4n) is 4.41. The van der Waals surface area contributed by atoms with Gasteiger partial charge in [-0.05, 0) is 49.6 Å². The molecule has 154 valence electrons. The zero-order valence-electron chi connectivity index (χ0n) is 15.7. The van der Waals surface area contributed by atoms with Gasteiger partial charge in [0.25, 0.3) is 11.8 Å². The van der Waals surface area contributed by atoms with Crippen LogP contribution in [0.1, 0.15) is 29.6 Å². The average molecular weight is 430 g/mol. The van der Waals surface area contributed by atoms with Gasteiger partial charge in [0.15, 0.2) is 18.6 Å². The first kappa shape index (κ1) is 18.9. The molecule has 7 nitrogen and oxygen atoms in total. The minimum Gasteiger partial charge on any atom is -0.484 e. The highest BCUT2D eigenvalue weighted by Crippen LogP contribution is 2.60. The van der Waals surface area contributed by atoms with Crippen molar-refractivity contribution < 1.29 is 23.1 Å². The number of oxazole rings is 1. The Bertz CT molecular complexity index is 1160. The molecule has 6 rings (SSSR count). The molecule has 0 atom stereocenters. The first-order valence-electron chi connectivity index (χ1n) is 9.40. The van der Waals surface area contributed by atoms with Gasteiger partial charge >= 0.3 is 0 Å². The molecule has 3 aliphatic carbocycles. The van der Waals surface area contributed by atoms with E-state index in [2.05, 4.69) is 15.6 Å². The Hall–Kier alpha value is -3.13. The van der Waals surface area contributed by atoms with Gasteiger partial charge in [-0.15, -0.1) is 0 Å². The summed E-state index contributed by atoms with van der Waals surface area (Å²) < 4.78 is 23.9. The number of hydrogen-bond donors (Lipinski definition) is 2. The summed E-state index contributed by atoms with van der Waals surface area (Å²) >= 11 is 5.62. The molecule has 0 unspecified atom stereocenters. The van der Waals surface area contributed by atoms with Crippen LogP contribution in [-0.4, -0.2) is 34.5 Å². The van der Waals surface area contributed by atoms with Crippen LogP contribution in [0, 0.1) is 5.82 Å². The lowest BCUT2D eigenvalue weighted by molar-refractivity contribution is -0.141. The number of aromatic nitrogens is 1. The second-order valence-corrected chi connectivity index (χ2v) is 8.40. The van der Waals surface area contributed by atoms with Crippen molar-refractivity contribution in [3.63, 3.8) is 0 Å². The highest BCUT2D eigenvalue weighted by Gasteiger charge is 2.69. The largest absolute Gasteiger partial charge is 0.484 e. The smallest absolute Gasteiger partial charge is 0.258 e. The number of amides is 2. The van der Waals surface area contributed by atoms with E-state index in [0.717, 1.165) is 6.07 Å². The van der Waals surface area contributed by atoms with Crippen LogP contribution >= 0.6 is 11.6 Å².